The van der Waals surface area contributed by atoms with Crippen molar-refractivity contribution < 1.29 is 13.5 Å². The first kappa shape index (κ1) is 11.9. The monoisotopic (exact) mass is 221 g/mol. The lowest BCUT2D eigenvalue weighted by molar-refractivity contribution is 0.276. The van der Waals surface area contributed by atoms with Crippen LogP contribution in [0.15, 0.2) is 0 Å². The van der Waals surface area contributed by atoms with E-state index in [1.807, 2.05) is 7.05 Å². The summed E-state index contributed by atoms with van der Waals surface area (Å²) in [6.07, 6.45) is 2.10. The summed E-state index contributed by atoms with van der Waals surface area (Å²) in [7, 11) is -1.03. The molecule has 0 aromatic carbocycles. The van der Waals surface area contributed by atoms with Crippen LogP contribution in [0.1, 0.15) is 19.3 Å². The normalized spacial score (nSPS) is 25.1. The van der Waals surface area contributed by atoms with Gasteiger partial charge in [0.05, 0.1) is 11.0 Å². The van der Waals surface area contributed by atoms with Crippen molar-refractivity contribution in [2.75, 3.05) is 32.5 Å². The Kier molecular flexibility index (Phi) is 4.34. The van der Waals surface area contributed by atoms with Gasteiger partial charge in [-0.25, -0.2) is 8.42 Å². The lowest BCUT2D eigenvalue weighted by atomic mass is 10.1. The van der Waals surface area contributed by atoms with Crippen molar-refractivity contribution >= 4 is 9.84 Å². The van der Waals surface area contributed by atoms with Crippen molar-refractivity contribution in [1.29, 1.82) is 0 Å². The lowest BCUT2D eigenvalue weighted by Crippen LogP contribution is -2.41. The van der Waals surface area contributed by atoms with Crippen molar-refractivity contribution in [1.82, 2.24) is 4.90 Å². The average molecular weight is 221 g/mol. The number of aliphatic hydroxyl groups excluding tert-OH is 1. The summed E-state index contributed by atoms with van der Waals surface area (Å²) in [5.74, 6) is 0.127. The molecule has 0 bridgehead atoms. The standard InChI is InChI=1S/C9H19NO3S/c1-10-5-2-4-9(8-10)14(12,13)7-3-6-11/h9,11H,2-8H2,1H3. The lowest BCUT2D eigenvalue weighted by Gasteiger charge is -2.29. The Morgan fingerprint density at radius 1 is 1.50 bits per heavy atom. The SMILES string of the molecule is CN1CCCC(S(=O)(=O)CCCO)C1. The second kappa shape index (κ2) is 5.09. The summed E-state index contributed by atoms with van der Waals surface area (Å²) in [5, 5.41) is 8.39. The van der Waals surface area contributed by atoms with Crippen LogP contribution < -0.4 is 0 Å². The smallest absolute Gasteiger partial charge is 0.154 e. The predicted octanol–water partition coefficient (Wildman–Crippen LogP) is -0.122. The largest absolute Gasteiger partial charge is 0.396 e. The molecule has 0 aliphatic carbocycles. The van der Waals surface area contributed by atoms with Gasteiger partial charge in [-0.05, 0) is 32.9 Å². The van der Waals surface area contributed by atoms with Crippen LogP contribution in [0.4, 0.5) is 0 Å². The van der Waals surface area contributed by atoms with Gasteiger partial charge in [-0.3, -0.25) is 0 Å². The zero-order chi connectivity index (χ0) is 10.6. The molecule has 1 aliphatic rings. The fourth-order valence-electron chi connectivity index (χ4n) is 1.84. The number of hydrogen-bond acceptors (Lipinski definition) is 4. The van der Waals surface area contributed by atoms with Crippen molar-refractivity contribution in [3.05, 3.63) is 0 Å². The van der Waals surface area contributed by atoms with Crippen LogP contribution in [0.2, 0.25) is 0 Å². The van der Waals surface area contributed by atoms with E-state index in [9.17, 15) is 8.42 Å². The Labute approximate surface area is 85.8 Å². The van der Waals surface area contributed by atoms with Gasteiger partial charge in [-0.15, -0.1) is 0 Å². The first-order valence-corrected chi connectivity index (χ1v) is 6.79. The molecule has 1 N–H and O–H groups in total. The van der Waals surface area contributed by atoms with Gasteiger partial charge in [-0.2, -0.15) is 0 Å². The van der Waals surface area contributed by atoms with Gasteiger partial charge in [0.25, 0.3) is 0 Å². The minimum absolute atomic E-state index is 0.0399. The second-order valence-electron chi connectivity index (χ2n) is 3.97. The molecule has 1 saturated heterocycles. The van der Waals surface area contributed by atoms with Crippen LogP contribution in [-0.4, -0.2) is 56.2 Å². The predicted molar refractivity (Wildman–Crippen MR) is 56.0 cm³/mol. The fourth-order valence-corrected chi connectivity index (χ4v) is 3.72. The molecule has 0 radical (unpaired) electrons. The molecule has 5 heteroatoms. The number of aliphatic hydroxyl groups is 1. The Morgan fingerprint density at radius 2 is 2.21 bits per heavy atom. The van der Waals surface area contributed by atoms with Crippen LogP contribution >= 0.6 is 0 Å². The van der Waals surface area contributed by atoms with E-state index in [2.05, 4.69) is 4.90 Å². The van der Waals surface area contributed by atoms with E-state index in [0.717, 1.165) is 19.4 Å². The number of nitrogens with zero attached hydrogens (tertiary/aromatic N) is 1. The van der Waals surface area contributed by atoms with E-state index in [1.54, 1.807) is 0 Å². The summed E-state index contributed by atoms with van der Waals surface area (Å²) in [6, 6.07) is 0. The summed E-state index contributed by atoms with van der Waals surface area (Å²) >= 11 is 0. The molecule has 1 rings (SSSR count). The van der Waals surface area contributed by atoms with Crippen LogP contribution in [0.25, 0.3) is 0 Å². The molecule has 1 fully saturated rings. The van der Waals surface area contributed by atoms with Gasteiger partial charge in [0.2, 0.25) is 0 Å². The first-order valence-electron chi connectivity index (χ1n) is 5.07. The molecule has 0 spiro atoms. The molecule has 1 atom stereocenters. The summed E-state index contributed by atoms with van der Waals surface area (Å²) < 4.78 is 23.5. The maximum Gasteiger partial charge on any atom is 0.154 e. The minimum atomic E-state index is -2.98. The molecule has 0 saturated carbocycles. The molecule has 4 nitrogen and oxygen atoms in total. The van der Waals surface area contributed by atoms with Crippen LogP contribution in [0.3, 0.4) is 0 Å². The van der Waals surface area contributed by atoms with Gasteiger partial charge < -0.3 is 10.0 Å². The number of rotatable bonds is 4. The van der Waals surface area contributed by atoms with E-state index in [4.69, 9.17) is 5.11 Å². The van der Waals surface area contributed by atoms with Gasteiger partial charge >= 0.3 is 0 Å². The molecule has 0 aromatic heterocycles. The first-order chi connectivity index (χ1) is 6.56. The zero-order valence-electron chi connectivity index (χ0n) is 8.65. The molecule has 84 valence electrons. The van der Waals surface area contributed by atoms with E-state index in [0.29, 0.717) is 13.0 Å². The van der Waals surface area contributed by atoms with Gasteiger partial charge in [-0.1, -0.05) is 0 Å². The Balaban J connectivity index is 2.53. The Hall–Kier alpha value is -0.130. The van der Waals surface area contributed by atoms with Gasteiger partial charge in [0.15, 0.2) is 9.84 Å². The van der Waals surface area contributed by atoms with Gasteiger partial charge in [0.1, 0.15) is 0 Å². The second-order valence-corrected chi connectivity index (χ2v) is 6.37. The van der Waals surface area contributed by atoms with Crippen molar-refractivity contribution in [3.8, 4) is 0 Å². The van der Waals surface area contributed by atoms with Crippen LogP contribution in [-0.2, 0) is 9.84 Å². The third-order valence-electron chi connectivity index (χ3n) is 2.68. The summed E-state index contributed by atoms with van der Waals surface area (Å²) in [4.78, 5) is 2.06. The third-order valence-corrected chi connectivity index (χ3v) is 4.93. The summed E-state index contributed by atoms with van der Waals surface area (Å²) in [6.45, 7) is 1.60. The quantitative estimate of drug-likeness (QED) is 0.719. The summed E-state index contributed by atoms with van der Waals surface area (Å²) in [5.41, 5.74) is 0. The number of piperidine rings is 1. The molecule has 1 unspecified atom stereocenters. The van der Waals surface area contributed by atoms with Gasteiger partial charge in [0, 0.05) is 13.2 Å². The molecular weight excluding hydrogens is 202 g/mol. The van der Waals surface area contributed by atoms with E-state index in [-0.39, 0.29) is 17.6 Å². The molecule has 1 aliphatic heterocycles. The topological polar surface area (TPSA) is 57.6 Å². The Bertz CT molecular complexity index is 263. The third kappa shape index (κ3) is 3.22. The molecular formula is C9H19NO3S. The van der Waals surface area contributed by atoms with Crippen LogP contribution in [0, 0.1) is 0 Å². The zero-order valence-corrected chi connectivity index (χ0v) is 9.46. The Morgan fingerprint density at radius 3 is 2.79 bits per heavy atom. The van der Waals surface area contributed by atoms with Crippen molar-refractivity contribution in [2.45, 2.75) is 24.5 Å². The van der Waals surface area contributed by atoms with E-state index in [1.165, 1.54) is 0 Å². The fraction of sp³-hybridized carbons (Fsp3) is 1.00. The number of hydrogen-bond donors (Lipinski definition) is 1. The maximum absolute atomic E-state index is 11.8. The van der Waals surface area contributed by atoms with E-state index < -0.39 is 9.84 Å². The van der Waals surface area contributed by atoms with E-state index >= 15 is 0 Å². The maximum atomic E-state index is 11.8. The highest BCUT2D eigenvalue weighted by Gasteiger charge is 2.28. The molecule has 1 heterocycles. The minimum Gasteiger partial charge on any atom is -0.396 e. The number of likely N-dealkylation sites (tertiary alicyclic amines) is 1. The molecule has 14 heavy (non-hydrogen) atoms. The van der Waals surface area contributed by atoms with Crippen molar-refractivity contribution in [2.24, 2.45) is 0 Å². The highest BCUT2D eigenvalue weighted by Crippen LogP contribution is 2.17. The highest BCUT2D eigenvalue weighted by atomic mass is 32.2. The average Bonchev–Trinajstić information content (AvgIpc) is 2.15. The molecule has 0 amide bonds. The number of sulfone groups is 1. The van der Waals surface area contributed by atoms with Crippen LogP contribution in [0.5, 0.6) is 0 Å². The van der Waals surface area contributed by atoms with Crippen molar-refractivity contribution in [3.63, 3.8) is 0 Å². The highest BCUT2D eigenvalue weighted by molar-refractivity contribution is 7.92. The molecule has 0 aromatic rings.